The molecule has 1 amide bonds. The Morgan fingerprint density at radius 1 is 0.929 bits per heavy atom. The van der Waals surface area contributed by atoms with E-state index in [9.17, 15) is 17.6 Å². The van der Waals surface area contributed by atoms with Crippen molar-refractivity contribution in [2.75, 3.05) is 6.61 Å². The fourth-order valence-electron chi connectivity index (χ4n) is 4.03. The Labute approximate surface area is 245 Å². The number of benzene rings is 4. The number of ether oxygens (including phenoxy) is 2. The molecule has 0 aliphatic rings. The summed E-state index contributed by atoms with van der Waals surface area (Å²) in [7, 11) is -3.88. The summed E-state index contributed by atoms with van der Waals surface area (Å²) < 4.78 is 53.5. The minimum atomic E-state index is -3.88. The number of carbonyl (C=O) groups is 1. The highest BCUT2D eigenvalue weighted by atomic mass is 32.2. The molecule has 4 aromatic rings. The van der Waals surface area contributed by atoms with Gasteiger partial charge < -0.3 is 9.47 Å². The zero-order chi connectivity index (χ0) is 30.0. The smallest absolute Gasteiger partial charge is 0.242 e. The summed E-state index contributed by atoms with van der Waals surface area (Å²) in [5.41, 5.74) is 5.51. The molecule has 42 heavy (non-hydrogen) atoms. The number of nitrogens with zero attached hydrogens (tertiary/aromatic N) is 1. The highest BCUT2D eigenvalue weighted by molar-refractivity contribution is 7.89. The molecule has 0 unspecified atom stereocenters. The van der Waals surface area contributed by atoms with E-state index in [-0.39, 0.29) is 23.7 Å². The molecule has 2 N–H and O–H groups in total. The third-order valence-corrected chi connectivity index (χ3v) is 7.69. The fraction of sp³-hybridized carbons (Fsp3) is 0.188. The van der Waals surface area contributed by atoms with E-state index < -0.39 is 22.0 Å². The molecule has 10 heteroatoms. The number of hydrazone groups is 1. The van der Waals surface area contributed by atoms with Crippen molar-refractivity contribution in [3.63, 3.8) is 0 Å². The molecule has 1 atom stereocenters. The van der Waals surface area contributed by atoms with Gasteiger partial charge in [-0.15, -0.1) is 0 Å². The topological polar surface area (TPSA) is 106 Å². The van der Waals surface area contributed by atoms with Gasteiger partial charge in [0.15, 0.2) is 11.5 Å². The number of carbonyl (C=O) groups excluding carboxylic acids is 1. The average molecular weight is 590 g/mol. The third kappa shape index (κ3) is 8.73. The molecular weight excluding hydrogens is 557 g/mol. The highest BCUT2D eigenvalue weighted by Crippen LogP contribution is 2.29. The van der Waals surface area contributed by atoms with Crippen LogP contribution in [0.3, 0.4) is 0 Å². The number of nitrogens with one attached hydrogen (secondary N) is 2. The van der Waals surface area contributed by atoms with Crippen LogP contribution >= 0.6 is 0 Å². The Balaban J connectivity index is 1.41. The van der Waals surface area contributed by atoms with E-state index in [2.05, 4.69) is 15.2 Å². The second kappa shape index (κ2) is 14.4. The summed E-state index contributed by atoms with van der Waals surface area (Å²) in [4.78, 5) is 12.9. The zero-order valence-electron chi connectivity index (χ0n) is 23.3. The first kappa shape index (κ1) is 30.4. The maximum atomic E-state index is 13.2. The first-order chi connectivity index (χ1) is 20.2. The summed E-state index contributed by atoms with van der Waals surface area (Å²) >= 11 is 0. The average Bonchev–Trinajstić information content (AvgIpc) is 2.98. The first-order valence-electron chi connectivity index (χ1n) is 13.3. The molecule has 4 aromatic carbocycles. The lowest BCUT2D eigenvalue weighted by Crippen LogP contribution is -2.32. The summed E-state index contributed by atoms with van der Waals surface area (Å²) in [6.07, 6.45) is 1.28. The van der Waals surface area contributed by atoms with Crippen molar-refractivity contribution >= 4 is 22.1 Å². The number of hydrogen-bond acceptors (Lipinski definition) is 6. The number of hydrogen-bond donors (Lipinski definition) is 2. The SMILES string of the molecule is CCOc1cc(/C=N\NC(=O)C[C@@H](NS(=O)(=O)c2ccc(C)cc2)c2ccccc2)ccc1OCc1ccc(F)cc1. The maximum absolute atomic E-state index is 13.2. The quantitative estimate of drug-likeness (QED) is 0.154. The minimum absolute atomic E-state index is 0.114. The highest BCUT2D eigenvalue weighted by Gasteiger charge is 2.23. The van der Waals surface area contributed by atoms with Gasteiger partial charge in [-0.1, -0.05) is 60.2 Å². The van der Waals surface area contributed by atoms with Crippen LogP contribution in [0.1, 0.15) is 41.6 Å². The van der Waals surface area contributed by atoms with Crippen molar-refractivity contribution in [3.8, 4) is 11.5 Å². The lowest BCUT2D eigenvalue weighted by atomic mass is 10.0. The van der Waals surface area contributed by atoms with Crippen LogP contribution in [-0.4, -0.2) is 27.1 Å². The van der Waals surface area contributed by atoms with Gasteiger partial charge in [-0.05, 0) is 73.0 Å². The standard InChI is InChI=1S/C32H32FN3O5S/c1-3-40-31-19-25(13-18-30(31)41-22-24-11-14-27(33)15-12-24)21-34-35-32(37)20-29(26-7-5-4-6-8-26)36-42(38,39)28-16-9-23(2)10-17-28/h4-19,21,29,36H,3,20,22H2,1-2H3,(H,35,37)/b34-21-/t29-/m1/s1. The van der Waals surface area contributed by atoms with E-state index in [0.717, 1.165) is 11.1 Å². The third-order valence-electron chi connectivity index (χ3n) is 6.20. The molecule has 0 spiro atoms. The molecule has 0 aliphatic heterocycles. The largest absolute Gasteiger partial charge is 0.490 e. The van der Waals surface area contributed by atoms with Crippen molar-refractivity contribution in [1.29, 1.82) is 0 Å². The lowest BCUT2D eigenvalue weighted by Gasteiger charge is -2.18. The first-order valence-corrected chi connectivity index (χ1v) is 14.8. The van der Waals surface area contributed by atoms with Crippen LogP contribution < -0.4 is 19.6 Å². The van der Waals surface area contributed by atoms with Crippen LogP contribution in [0.4, 0.5) is 4.39 Å². The predicted octanol–water partition coefficient (Wildman–Crippen LogP) is 5.67. The van der Waals surface area contributed by atoms with E-state index in [1.807, 2.05) is 19.9 Å². The number of aryl methyl sites for hydroxylation is 1. The van der Waals surface area contributed by atoms with Gasteiger partial charge in [-0.25, -0.2) is 23.0 Å². The van der Waals surface area contributed by atoms with Gasteiger partial charge in [0, 0.05) is 6.42 Å². The van der Waals surface area contributed by atoms with Gasteiger partial charge in [0.25, 0.3) is 0 Å². The Morgan fingerprint density at radius 2 is 1.64 bits per heavy atom. The van der Waals surface area contributed by atoms with Crippen LogP contribution in [-0.2, 0) is 21.4 Å². The molecule has 218 valence electrons. The lowest BCUT2D eigenvalue weighted by molar-refractivity contribution is -0.121. The number of rotatable bonds is 13. The van der Waals surface area contributed by atoms with E-state index in [0.29, 0.717) is 29.2 Å². The second-order valence-electron chi connectivity index (χ2n) is 9.45. The Bertz CT molecular complexity index is 1610. The van der Waals surface area contributed by atoms with Crippen LogP contribution in [0.25, 0.3) is 0 Å². The molecule has 8 nitrogen and oxygen atoms in total. The molecule has 0 aromatic heterocycles. The van der Waals surface area contributed by atoms with Crippen molar-refractivity contribution in [2.45, 2.75) is 37.8 Å². The van der Waals surface area contributed by atoms with Crippen LogP contribution in [0.2, 0.25) is 0 Å². The molecule has 0 heterocycles. The molecule has 0 saturated heterocycles. The summed E-state index contributed by atoms with van der Waals surface area (Å²) in [5, 5.41) is 4.05. The maximum Gasteiger partial charge on any atom is 0.242 e. The van der Waals surface area contributed by atoms with Crippen LogP contribution in [0.15, 0.2) is 107 Å². The fourth-order valence-corrected chi connectivity index (χ4v) is 5.25. The van der Waals surface area contributed by atoms with Crippen LogP contribution in [0, 0.1) is 12.7 Å². The minimum Gasteiger partial charge on any atom is -0.490 e. The van der Waals surface area contributed by atoms with Crippen molar-refractivity contribution in [3.05, 3.63) is 125 Å². The summed E-state index contributed by atoms with van der Waals surface area (Å²) in [6.45, 7) is 4.36. The molecule has 4 rings (SSSR count). The molecule has 0 bridgehead atoms. The molecule has 0 radical (unpaired) electrons. The van der Waals surface area contributed by atoms with Gasteiger partial charge in [0.1, 0.15) is 12.4 Å². The van der Waals surface area contributed by atoms with Crippen molar-refractivity contribution in [2.24, 2.45) is 5.10 Å². The van der Waals surface area contributed by atoms with Gasteiger partial charge in [-0.3, -0.25) is 4.79 Å². The summed E-state index contributed by atoms with van der Waals surface area (Å²) in [6, 6.07) is 25.8. The monoisotopic (exact) mass is 589 g/mol. The van der Waals surface area contributed by atoms with Crippen molar-refractivity contribution in [1.82, 2.24) is 10.1 Å². The number of halogens is 1. The van der Waals surface area contributed by atoms with E-state index >= 15 is 0 Å². The normalized spacial score (nSPS) is 12.2. The van der Waals surface area contributed by atoms with E-state index in [1.165, 1.54) is 30.5 Å². The van der Waals surface area contributed by atoms with Crippen molar-refractivity contribution < 1.29 is 27.1 Å². The van der Waals surface area contributed by atoms with Gasteiger partial charge >= 0.3 is 0 Å². The molecular formula is C32H32FN3O5S. The number of sulfonamides is 1. The Morgan fingerprint density at radius 3 is 2.33 bits per heavy atom. The van der Waals surface area contributed by atoms with Crippen LogP contribution in [0.5, 0.6) is 11.5 Å². The molecule has 0 aliphatic carbocycles. The second-order valence-corrected chi connectivity index (χ2v) is 11.2. The van der Waals surface area contributed by atoms with Gasteiger partial charge in [0.05, 0.1) is 23.8 Å². The number of amides is 1. The predicted molar refractivity (Wildman–Crippen MR) is 159 cm³/mol. The zero-order valence-corrected chi connectivity index (χ0v) is 24.1. The summed E-state index contributed by atoms with van der Waals surface area (Å²) in [5.74, 6) is 0.207. The molecule has 0 saturated carbocycles. The molecule has 0 fully saturated rings. The van der Waals surface area contributed by atoms with E-state index in [4.69, 9.17) is 9.47 Å². The van der Waals surface area contributed by atoms with Gasteiger partial charge in [-0.2, -0.15) is 5.10 Å². The Hall–Kier alpha value is -4.54. The van der Waals surface area contributed by atoms with Gasteiger partial charge in [0.2, 0.25) is 15.9 Å². The van der Waals surface area contributed by atoms with E-state index in [1.54, 1.807) is 66.7 Å². The Kier molecular flexibility index (Phi) is 10.4.